The van der Waals surface area contributed by atoms with E-state index >= 15 is 0 Å². The molecule has 0 radical (unpaired) electrons. The van der Waals surface area contributed by atoms with Crippen LogP contribution in [0.3, 0.4) is 0 Å². The summed E-state index contributed by atoms with van der Waals surface area (Å²) in [6, 6.07) is 10.3. The number of hydrogen-bond donors (Lipinski definition) is 1. The van der Waals surface area contributed by atoms with E-state index in [2.05, 4.69) is 30.3 Å². The first kappa shape index (κ1) is 20.0. The van der Waals surface area contributed by atoms with E-state index in [0.717, 1.165) is 21.6 Å². The van der Waals surface area contributed by atoms with Crippen LogP contribution in [0.4, 0.5) is 0 Å². The number of hydrogen-bond acceptors (Lipinski definition) is 7. The SMILES string of the molecule is Cc1nnc(SCc2nnc(C(=O)NCc3ccccc3)s2)n1C1CCCCC1. The first-order valence-electron chi connectivity index (χ1n) is 9.89. The molecule has 0 bridgehead atoms. The Kier molecular flexibility index (Phi) is 6.56. The Morgan fingerprint density at radius 3 is 2.72 bits per heavy atom. The van der Waals surface area contributed by atoms with Crippen molar-refractivity contribution in [2.24, 2.45) is 0 Å². The summed E-state index contributed by atoms with van der Waals surface area (Å²) in [5.41, 5.74) is 1.05. The van der Waals surface area contributed by atoms with Crippen molar-refractivity contribution in [1.29, 1.82) is 0 Å². The van der Waals surface area contributed by atoms with Gasteiger partial charge in [-0.15, -0.1) is 20.4 Å². The Morgan fingerprint density at radius 1 is 1.14 bits per heavy atom. The van der Waals surface area contributed by atoms with Crippen molar-refractivity contribution in [2.45, 2.75) is 62.5 Å². The highest BCUT2D eigenvalue weighted by Crippen LogP contribution is 2.33. The summed E-state index contributed by atoms with van der Waals surface area (Å²) in [6.45, 7) is 2.50. The molecule has 2 aromatic heterocycles. The lowest BCUT2D eigenvalue weighted by molar-refractivity contribution is 0.0950. The Hall–Kier alpha value is -2.26. The minimum atomic E-state index is -0.191. The van der Waals surface area contributed by atoms with E-state index in [1.165, 1.54) is 43.4 Å². The number of rotatable bonds is 7. The number of carbonyl (C=O) groups excluding carboxylic acids is 1. The fraction of sp³-hybridized carbons (Fsp3) is 0.450. The van der Waals surface area contributed by atoms with Gasteiger partial charge in [-0.25, -0.2) is 0 Å². The van der Waals surface area contributed by atoms with Crippen LogP contribution in [0.15, 0.2) is 35.5 Å². The highest BCUT2D eigenvalue weighted by molar-refractivity contribution is 7.98. The standard InChI is InChI=1S/C20H24N6OS2/c1-14-22-25-20(26(14)16-10-6-3-7-11-16)28-13-17-23-24-19(29-17)18(27)21-12-15-8-4-2-5-9-15/h2,4-5,8-9,16H,3,6-7,10-13H2,1H3,(H,21,27). The highest BCUT2D eigenvalue weighted by Gasteiger charge is 2.22. The van der Waals surface area contributed by atoms with Gasteiger partial charge in [0, 0.05) is 12.6 Å². The second-order valence-corrected chi connectivity index (χ2v) is 9.15. The lowest BCUT2D eigenvalue weighted by Gasteiger charge is -2.24. The van der Waals surface area contributed by atoms with Crippen LogP contribution >= 0.6 is 23.1 Å². The number of carbonyl (C=O) groups is 1. The molecule has 0 saturated heterocycles. The molecule has 1 aliphatic rings. The molecule has 2 heterocycles. The molecule has 1 N–H and O–H groups in total. The molecule has 1 aromatic carbocycles. The van der Waals surface area contributed by atoms with Gasteiger partial charge in [0.1, 0.15) is 10.8 Å². The van der Waals surface area contributed by atoms with Crippen LogP contribution in [0.5, 0.6) is 0 Å². The summed E-state index contributed by atoms with van der Waals surface area (Å²) in [4.78, 5) is 12.3. The Labute approximate surface area is 178 Å². The molecule has 0 unspecified atom stereocenters. The van der Waals surface area contributed by atoms with Crippen LogP contribution in [0.2, 0.25) is 0 Å². The third kappa shape index (κ3) is 5.02. The van der Waals surface area contributed by atoms with Crippen molar-refractivity contribution in [2.75, 3.05) is 0 Å². The molecule has 1 aliphatic carbocycles. The van der Waals surface area contributed by atoms with E-state index in [0.29, 0.717) is 23.3 Å². The fourth-order valence-electron chi connectivity index (χ4n) is 3.59. The molecule has 1 saturated carbocycles. The van der Waals surface area contributed by atoms with Crippen molar-refractivity contribution < 1.29 is 4.79 Å². The van der Waals surface area contributed by atoms with Crippen molar-refractivity contribution in [1.82, 2.24) is 30.3 Å². The summed E-state index contributed by atoms with van der Waals surface area (Å²) in [5.74, 6) is 1.41. The van der Waals surface area contributed by atoms with Crippen LogP contribution in [0.1, 0.15) is 64.3 Å². The molecule has 29 heavy (non-hydrogen) atoms. The minimum absolute atomic E-state index is 0.191. The van der Waals surface area contributed by atoms with Crippen LogP contribution in [0, 0.1) is 6.92 Å². The Bertz CT molecular complexity index is 949. The van der Waals surface area contributed by atoms with Crippen molar-refractivity contribution in [3.8, 4) is 0 Å². The topological polar surface area (TPSA) is 85.6 Å². The summed E-state index contributed by atoms with van der Waals surface area (Å²) >= 11 is 2.95. The number of amides is 1. The summed E-state index contributed by atoms with van der Waals surface area (Å²) in [6.07, 6.45) is 6.24. The maximum absolute atomic E-state index is 12.3. The van der Waals surface area contributed by atoms with E-state index in [-0.39, 0.29) is 5.91 Å². The third-order valence-corrected chi connectivity index (χ3v) is 7.12. The third-order valence-electron chi connectivity index (χ3n) is 5.06. The van der Waals surface area contributed by atoms with Crippen LogP contribution in [-0.2, 0) is 12.3 Å². The molecule has 0 aliphatic heterocycles. The maximum atomic E-state index is 12.3. The number of thioether (sulfide) groups is 1. The zero-order chi connectivity index (χ0) is 20.1. The molecular weight excluding hydrogens is 404 g/mol. The van der Waals surface area contributed by atoms with Gasteiger partial charge in [-0.3, -0.25) is 4.79 Å². The van der Waals surface area contributed by atoms with E-state index in [4.69, 9.17) is 0 Å². The number of aryl methyl sites for hydroxylation is 1. The monoisotopic (exact) mass is 428 g/mol. The molecule has 1 fully saturated rings. The molecule has 152 valence electrons. The average Bonchev–Trinajstić information content (AvgIpc) is 3.38. The molecule has 0 spiro atoms. The van der Waals surface area contributed by atoms with Gasteiger partial charge >= 0.3 is 0 Å². The van der Waals surface area contributed by atoms with E-state index in [9.17, 15) is 4.79 Å². The predicted molar refractivity (Wildman–Crippen MR) is 114 cm³/mol. The first-order valence-corrected chi connectivity index (χ1v) is 11.7. The van der Waals surface area contributed by atoms with Gasteiger partial charge in [-0.05, 0) is 25.3 Å². The van der Waals surface area contributed by atoms with Gasteiger partial charge in [-0.2, -0.15) is 0 Å². The quantitative estimate of drug-likeness (QED) is 0.569. The van der Waals surface area contributed by atoms with Gasteiger partial charge in [-0.1, -0.05) is 72.7 Å². The van der Waals surface area contributed by atoms with Gasteiger partial charge in [0.25, 0.3) is 5.91 Å². The van der Waals surface area contributed by atoms with Gasteiger partial charge in [0.05, 0.1) is 5.75 Å². The molecule has 7 nitrogen and oxygen atoms in total. The first-order chi connectivity index (χ1) is 14.2. The predicted octanol–water partition coefficient (Wildman–Crippen LogP) is 4.17. The van der Waals surface area contributed by atoms with Crippen LogP contribution < -0.4 is 5.32 Å². The van der Waals surface area contributed by atoms with Gasteiger partial charge < -0.3 is 9.88 Å². The molecule has 0 atom stereocenters. The molecule has 1 amide bonds. The summed E-state index contributed by atoms with van der Waals surface area (Å²) in [5, 5.41) is 21.9. The van der Waals surface area contributed by atoms with E-state index in [1.54, 1.807) is 11.8 Å². The minimum Gasteiger partial charge on any atom is -0.346 e. The largest absolute Gasteiger partial charge is 0.346 e. The highest BCUT2D eigenvalue weighted by atomic mass is 32.2. The molecule has 9 heteroatoms. The van der Waals surface area contributed by atoms with E-state index < -0.39 is 0 Å². The number of benzene rings is 1. The van der Waals surface area contributed by atoms with Crippen molar-refractivity contribution in [3.05, 3.63) is 51.7 Å². The number of aromatic nitrogens is 5. The normalized spacial score (nSPS) is 14.8. The summed E-state index contributed by atoms with van der Waals surface area (Å²) < 4.78 is 2.28. The van der Waals surface area contributed by atoms with Crippen LogP contribution in [-0.4, -0.2) is 30.9 Å². The Morgan fingerprint density at radius 2 is 1.93 bits per heavy atom. The summed E-state index contributed by atoms with van der Waals surface area (Å²) in [7, 11) is 0. The molecule has 3 aromatic rings. The Balaban J connectivity index is 1.34. The number of nitrogens with zero attached hydrogens (tertiary/aromatic N) is 5. The smallest absolute Gasteiger partial charge is 0.282 e. The molecular formula is C20H24N6OS2. The second kappa shape index (κ2) is 9.49. The van der Waals surface area contributed by atoms with Crippen molar-refractivity contribution >= 4 is 29.0 Å². The zero-order valence-corrected chi connectivity index (χ0v) is 18.0. The lowest BCUT2D eigenvalue weighted by Crippen LogP contribution is -2.22. The van der Waals surface area contributed by atoms with Crippen molar-refractivity contribution in [3.63, 3.8) is 0 Å². The molecule has 4 rings (SSSR count). The zero-order valence-electron chi connectivity index (χ0n) is 16.4. The number of nitrogens with one attached hydrogen (secondary N) is 1. The average molecular weight is 429 g/mol. The second-order valence-electron chi connectivity index (χ2n) is 7.15. The lowest BCUT2D eigenvalue weighted by atomic mass is 9.95. The maximum Gasteiger partial charge on any atom is 0.282 e. The fourth-order valence-corrected chi connectivity index (χ4v) is 5.38. The van der Waals surface area contributed by atoms with Crippen LogP contribution in [0.25, 0.3) is 0 Å². The van der Waals surface area contributed by atoms with Gasteiger partial charge in [0.2, 0.25) is 5.01 Å². The van der Waals surface area contributed by atoms with E-state index in [1.807, 2.05) is 37.3 Å². The van der Waals surface area contributed by atoms with Gasteiger partial charge in [0.15, 0.2) is 5.16 Å².